The summed E-state index contributed by atoms with van der Waals surface area (Å²) in [4.78, 5) is 24.4. The van der Waals surface area contributed by atoms with E-state index in [2.05, 4.69) is 10.2 Å². The van der Waals surface area contributed by atoms with Gasteiger partial charge >= 0.3 is 0 Å². The van der Waals surface area contributed by atoms with Gasteiger partial charge in [-0.2, -0.15) is 0 Å². The van der Waals surface area contributed by atoms with Crippen LogP contribution in [0.2, 0.25) is 5.02 Å². The molecule has 1 heterocycles. The highest BCUT2D eigenvalue weighted by Gasteiger charge is 2.23. The van der Waals surface area contributed by atoms with Crippen LogP contribution in [0.5, 0.6) is 0 Å². The first kappa shape index (κ1) is 18.6. The number of nitro groups is 1. The number of hydrogen-bond donors (Lipinski definition) is 2. The first-order chi connectivity index (χ1) is 11.5. The summed E-state index contributed by atoms with van der Waals surface area (Å²) in [5.41, 5.74) is 6.16. The molecule has 1 amide bonds. The van der Waals surface area contributed by atoms with Crippen LogP contribution in [0.15, 0.2) is 18.2 Å². The summed E-state index contributed by atoms with van der Waals surface area (Å²) >= 11 is 5.86. The zero-order valence-corrected chi connectivity index (χ0v) is 14.3. The minimum Gasteiger partial charge on any atom is -0.354 e. The second kappa shape index (κ2) is 8.96. The number of rotatable bonds is 7. The molecule has 1 aliphatic heterocycles. The fraction of sp³-hybridized carbons (Fsp3) is 0.562. The summed E-state index contributed by atoms with van der Waals surface area (Å²) in [6.45, 7) is 2.44. The Hall–Kier alpha value is -1.70. The van der Waals surface area contributed by atoms with Gasteiger partial charge < -0.3 is 11.1 Å². The van der Waals surface area contributed by atoms with E-state index in [-0.39, 0.29) is 22.7 Å². The van der Waals surface area contributed by atoms with Gasteiger partial charge in [0, 0.05) is 38.2 Å². The Morgan fingerprint density at radius 1 is 1.46 bits per heavy atom. The number of likely N-dealkylation sites (tertiary alicyclic amines) is 1. The average Bonchev–Trinajstić information content (AvgIpc) is 2.56. The van der Waals surface area contributed by atoms with Crippen molar-refractivity contribution in [3.8, 4) is 0 Å². The number of benzene rings is 1. The maximum absolute atomic E-state index is 11.6. The van der Waals surface area contributed by atoms with Gasteiger partial charge in [0.1, 0.15) is 5.02 Å². The van der Waals surface area contributed by atoms with Gasteiger partial charge in [-0.05, 0) is 31.0 Å². The molecule has 1 aromatic carbocycles. The highest BCUT2D eigenvalue weighted by Crippen LogP contribution is 2.27. The van der Waals surface area contributed by atoms with Crippen molar-refractivity contribution < 1.29 is 9.72 Å². The van der Waals surface area contributed by atoms with Gasteiger partial charge in [0.25, 0.3) is 5.69 Å². The quantitative estimate of drug-likeness (QED) is 0.576. The van der Waals surface area contributed by atoms with E-state index in [0.717, 1.165) is 31.4 Å². The lowest BCUT2D eigenvalue weighted by Crippen LogP contribution is -2.46. The van der Waals surface area contributed by atoms with E-state index in [0.29, 0.717) is 26.1 Å². The van der Waals surface area contributed by atoms with Crippen molar-refractivity contribution in [2.45, 2.75) is 38.3 Å². The molecule has 8 heteroatoms. The molecule has 2 rings (SSSR count). The highest BCUT2D eigenvalue weighted by atomic mass is 35.5. The second-order valence-electron chi connectivity index (χ2n) is 6.01. The number of hydrogen-bond acceptors (Lipinski definition) is 5. The molecule has 1 aliphatic rings. The summed E-state index contributed by atoms with van der Waals surface area (Å²) in [7, 11) is 0. The van der Waals surface area contributed by atoms with Crippen molar-refractivity contribution in [1.29, 1.82) is 0 Å². The maximum Gasteiger partial charge on any atom is 0.288 e. The number of piperidine rings is 1. The standard InChI is InChI=1S/C16H23ClN4O3/c17-14-5-4-12(9-15(14)21(23)24)11-20-8-2-1-3-13(20)10-19-16(22)6-7-18/h4-5,9,13H,1-3,6-8,10-11,18H2,(H,19,22). The minimum absolute atomic E-state index is 0.0369. The molecule has 1 unspecified atom stereocenters. The van der Waals surface area contributed by atoms with Crippen LogP contribution in [0.3, 0.4) is 0 Å². The van der Waals surface area contributed by atoms with Crippen molar-refractivity contribution in [3.05, 3.63) is 38.9 Å². The van der Waals surface area contributed by atoms with Crippen LogP contribution >= 0.6 is 11.6 Å². The molecular weight excluding hydrogens is 332 g/mol. The van der Waals surface area contributed by atoms with Gasteiger partial charge in [-0.15, -0.1) is 0 Å². The van der Waals surface area contributed by atoms with Gasteiger partial charge in [0.05, 0.1) is 4.92 Å². The third-order valence-electron chi connectivity index (χ3n) is 4.25. The molecule has 0 saturated carbocycles. The van der Waals surface area contributed by atoms with Gasteiger partial charge in [-0.25, -0.2) is 0 Å². The Bertz CT molecular complexity index is 597. The molecule has 1 atom stereocenters. The number of amides is 1. The molecule has 0 aliphatic carbocycles. The van der Waals surface area contributed by atoms with Gasteiger partial charge in [-0.3, -0.25) is 19.8 Å². The summed E-state index contributed by atoms with van der Waals surface area (Å²) in [6.07, 6.45) is 3.53. The van der Waals surface area contributed by atoms with E-state index in [1.165, 1.54) is 6.07 Å². The molecule has 1 aromatic rings. The van der Waals surface area contributed by atoms with Gasteiger partial charge in [-0.1, -0.05) is 24.1 Å². The fourth-order valence-corrected chi connectivity index (χ4v) is 3.17. The van der Waals surface area contributed by atoms with Crippen LogP contribution in [0.1, 0.15) is 31.2 Å². The molecule has 7 nitrogen and oxygen atoms in total. The summed E-state index contributed by atoms with van der Waals surface area (Å²) in [5, 5.41) is 14.1. The van der Waals surface area contributed by atoms with E-state index in [4.69, 9.17) is 17.3 Å². The predicted molar refractivity (Wildman–Crippen MR) is 92.8 cm³/mol. The van der Waals surface area contributed by atoms with E-state index < -0.39 is 4.92 Å². The van der Waals surface area contributed by atoms with Crippen molar-refractivity contribution in [2.24, 2.45) is 5.73 Å². The van der Waals surface area contributed by atoms with E-state index in [9.17, 15) is 14.9 Å². The predicted octanol–water partition coefficient (Wildman–Crippen LogP) is 2.07. The van der Waals surface area contributed by atoms with Crippen LogP contribution in [-0.2, 0) is 11.3 Å². The number of nitrogens with one attached hydrogen (secondary N) is 1. The minimum atomic E-state index is -0.466. The number of carbonyl (C=O) groups excluding carboxylic acids is 1. The SMILES string of the molecule is NCCC(=O)NCC1CCCCN1Cc1ccc(Cl)c([N+](=O)[O-])c1. The van der Waals surface area contributed by atoms with Crippen molar-refractivity contribution in [3.63, 3.8) is 0 Å². The number of nitrogens with zero attached hydrogens (tertiary/aromatic N) is 2. The van der Waals surface area contributed by atoms with Crippen LogP contribution in [0, 0.1) is 10.1 Å². The topological polar surface area (TPSA) is 102 Å². The lowest BCUT2D eigenvalue weighted by Gasteiger charge is -2.35. The lowest BCUT2D eigenvalue weighted by molar-refractivity contribution is -0.384. The number of halogens is 1. The molecule has 1 saturated heterocycles. The normalized spacial score (nSPS) is 18.3. The smallest absolute Gasteiger partial charge is 0.288 e. The van der Waals surface area contributed by atoms with Crippen LogP contribution in [-0.4, -0.2) is 41.4 Å². The molecule has 24 heavy (non-hydrogen) atoms. The van der Waals surface area contributed by atoms with E-state index >= 15 is 0 Å². The average molecular weight is 355 g/mol. The zero-order valence-electron chi connectivity index (χ0n) is 13.5. The molecule has 1 fully saturated rings. The van der Waals surface area contributed by atoms with Crippen LogP contribution in [0.4, 0.5) is 5.69 Å². The number of carbonyl (C=O) groups is 1. The lowest BCUT2D eigenvalue weighted by atomic mass is 10.0. The largest absolute Gasteiger partial charge is 0.354 e. The van der Waals surface area contributed by atoms with Crippen LogP contribution in [0.25, 0.3) is 0 Å². The molecule has 0 spiro atoms. The summed E-state index contributed by atoms with van der Waals surface area (Å²) in [5.74, 6) is -0.0369. The second-order valence-corrected chi connectivity index (χ2v) is 6.41. The molecule has 3 N–H and O–H groups in total. The maximum atomic E-state index is 11.6. The molecular formula is C16H23ClN4O3. The first-order valence-corrected chi connectivity index (χ1v) is 8.52. The van der Waals surface area contributed by atoms with Crippen molar-refractivity contribution >= 4 is 23.2 Å². The highest BCUT2D eigenvalue weighted by molar-refractivity contribution is 6.32. The number of nitrogens with two attached hydrogens (primary N) is 1. The third-order valence-corrected chi connectivity index (χ3v) is 4.57. The Kier molecular flexibility index (Phi) is 6.96. The van der Waals surface area contributed by atoms with E-state index in [1.54, 1.807) is 6.07 Å². The number of nitro benzene ring substituents is 1. The molecule has 132 valence electrons. The molecule has 0 bridgehead atoms. The van der Waals surface area contributed by atoms with Gasteiger partial charge in [0.2, 0.25) is 5.91 Å². The molecule has 0 radical (unpaired) electrons. The Morgan fingerprint density at radius 3 is 2.96 bits per heavy atom. The monoisotopic (exact) mass is 354 g/mol. The molecule has 0 aromatic heterocycles. The van der Waals surface area contributed by atoms with Crippen LogP contribution < -0.4 is 11.1 Å². The van der Waals surface area contributed by atoms with E-state index in [1.807, 2.05) is 6.07 Å². The van der Waals surface area contributed by atoms with Crippen molar-refractivity contribution in [1.82, 2.24) is 10.2 Å². The van der Waals surface area contributed by atoms with Crippen molar-refractivity contribution in [2.75, 3.05) is 19.6 Å². The fourth-order valence-electron chi connectivity index (χ4n) is 2.98. The zero-order chi connectivity index (χ0) is 17.5. The Balaban J connectivity index is 2.01. The summed E-state index contributed by atoms with van der Waals surface area (Å²) in [6, 6.07) is 5.14. The Labute approximate surface area is 146 Å². The van der Waals surface area contributed by atoms with Gasteiger partial charge in [0.15, 0.2) is 0 Å². The first-order valence-electron chi connectivity index (χ1n) is 8.15. The Morgan fingerprint density at radius 2 is 2.25 bits per heavy atom. The summed E-state index contributed by atoms with van der Waals surface area (Å²) < 4.78 is 0. The third kappa shape index (κ3) is 5.15.